The van der Waals surface area contributed by atoms with E-state index in [1.807, 2.05) is 21.0 Å². The van der Waals surface area contributed by atoms with Crippen LogP contribution in [0.3, 0.4) is 0 Å². The SMILES string of the molecule is COC1CSC2(C1)CN(Cc1c(C)noc1C)C2.O=C(O)C(F)(F)F. The third-order valence-corrected chi connectivity index (χ3v) is 5.91. The van der Waals surface area contributed by atoms with Crippen molar-refractivity contribution in [1.82, 2.24) is 10.1 Å². The van der Waals surface area contributed by atoms with E-state index in [0.29, 0.717) is 10.9 Å². The minimum absolute atomic E-state index is 0.455. The van der Waals surface area contributed by atoms with Crippen molar-refractivity contribution in [3.63, 3.8) is 0 Å². The van der Waals surface area contributed by atoms with Gasteiger partial charge in [0.2, 0.25) is 0 Å². The number of aryl methyl sites for hydroxylation is 2. The molecule has 3 rings (SSSR count). The first-order valence-electron chi connectivity index (χ1n) is 7.67. The number of aromatic nitrogens is 1. The highest BCUT2D eigenvalue weighted by Gasteiger charge is 2.49. The van der Waals surface area contributed by atoms with E-state index in [1.165, 1.54) is 25.1 Å². The maximum atomic E-state index is 10.6. The molecule has 1 spiro atoms. The van der Waals surface area contributed by atoms with E-state index < -0.39 is 12.1 Å². The molecule has 2 saturated heterocycles. The fourth-order valence-corrected chi connectivity index (χ4v) is 4.65. The Morgan fingerprint density at radius 1 is 1.48 bits per heavy atom. The van der Waals surface area contributed by atoms with Gasteiger partial charge in [0, 0.05) is 42.8 Å². The molecule has 142 valence electrons. The van der Waals surface area contributed by atoms with Crippen molar-refractivity contribution in [2.75, 3.05) is 26.0 Å². The van der Waals surface area contributed by atoms with Crippen LogP contribution in [0.25, 0.3) is 0 Å². The summed E-state index contributed by atoms with van der Waals surface area (Å²) >= 11 is 2.08. The van der Waals surface area contributed by atoms with E-state index in [9.17, 15) is 13.2 Å². The molecule has 6 nitrogen and oxygen atoms in total. The predicted molar refractivity (Wildman–Crippen MR) is 85.5 cm³/mol. The number of aliphatic carboxylic acids is 1. The second-order valence-electron chi connectivity index (χ2n) is 6.31. The lowest BCUT2D eigenvalue weighted by Crippen LogP contribution is -2.58. The standard InChI is InChI=1S/C13H20N2O2S.C2HF3O2/c1-9-12(10(2)17-14-9)5-15-7-13(8-15)4-11(16-3)6-18-13;3-2(4,5)1(6)7/h11H,4-8H2,1-3H3;(H,6,7). The van der Waals surface area contributed by atoms with Crippen LogP contribution < -0.4 is 0 Å². The number of alkyl halides is 3. The van der Waals surface area contributed by atoms with Gasteiger partial charge in [-0.3, -0.25) is 4.90 Å². The number of carboxylic acid groups (broad SMARTS) is 1. The number of methoxy groups -OCH3 is 1. The van der Waals surface area contributed by atoms with Gasteiger partial charge in [-0.2, -0.15) is 13.2 Å². The first-order valence-corrected chi connectivity index (χ1v) is 8.66. The molecule has 0 saturated carbocycles. The fraction of sp³-hybridized carbons (Fsp3) is 0.733. The molecule has 1 unspecified atom stereocenters. The summed E-state index contributed by atoms with van der Waals surface area (Å²) in [7, 11) is 1.82. The highest BCUT2D eigenvalue weighted by molar-refractivity contribution is 8.01. The Bertz CT molecular complexity index is 595. The number of carbonyl (C=O) groups is 1. The van der Waals surface area contributed by atoms with Crippen molar-refractivity contribution in [2.24, 2.45) is 0 Å². The van der Waals surface area contributed by atoms with Crippen molar-refractivity contribution < 1.29 is 32.3 Å². The summed E-state index contributed by atoms with van der Waals surface area (Å²) in [6.07, 6.45) is -3.43. The molecule has 2 fully saturated rings. The molecule has 1 aromatic rings. The molecule has 0 radical (unpaired) electrons. The zero-order chi connectivity index (χ0) is 18.8. The highest BCUT2D eigenvalue weighted by Crippen LogP contribution is 2.46. The molecule has 10 heteroatoms. The summed E-state index contributed by atoms with van der Waals surface area (Å²) in [5.74, 6) is -0.648. The predicted octanol–water partition coefficient (Wildman–Crippen LogP) is 2.63. The van der Waals surface area contributed by atoms with E-state index >= 15 is 0 Å². The van der Waals surface area contributed by atoms with Crippen molar-refractivity contribution in [3.8, 4) is 0 Å². The Morgan fingerprint density at radius 2 is 2.08 bits per heavy atom. The van der Waals surface area contributed by atoms with Gasteiger partial charge in [0.25, 0.3) is 0 Å². The smallest absolute Gasteiger partial charge is 0.475 e. The van der Waals surface area contributed by atoms with Gasteiger partial charge in [0.05, 0.1) is 11.8 Å². The van der Waals surface area contributed by atoms with Gasteiger partial charge in [0.15, 0.2) is 0 Å². The molecular formula is C15H21F3N2O4S. The molecule has 0 aliphatic carbocycles. The van der Waals surface area contributed by atoms with E-state index in [4.69, 9.17) is 19.2 Å². The van der Waals surface area contributed by atoms with Crippen LogP contribution in [0.2, 0.25) is 0 Å². The third-order valence-electron chi connectivity index (χ3n) is 4.34. The molecule has 0 amide bonds. The Labute approximate surface area is 147 Å². The normalized spacial score (nSPS) is 22.4. The maximum Gasteiger partial charge on any atom is 0.490 e. The van der Waals surface area contributed by atoms with Gasteiger partial charge in [-0.25, -0.2) is 4.79 Å². The molecule has 3 heterocycles. The van der Waals surface area contributed by atoms with Crippen LogP contribution in [0, 0.1) is 13.8 Å². The van der Waals surface area contributed by atoms with Gasteiger partial charge in [-0.1, -0.05) is 5.16 Å². The largest absolute Gasteiger partial charge is 0.490 e. The monoisotopic (exact) mass is 382 g/mol. The summed E-state index contributed by atoms with van der Waals surface area (Å²) in [6.45, 7) is 7.33. The molecule has 2 aliphatic heterocycles. The molecule has 1 N–H and O–H groups in total. The minimum Gasteiger partial charge on any atom is -0.475 e. The topological polar surface area (TPSA) is 75.8 Å². The van der Waals surface area contributed by atoms with Crippen molar-refractivity contribution in [1.29, 1.82) is 0 Å². The highest BCUT2D eigenvalue weighted by atomic mass is 32.2. The van der Waals surface area contributed by atoms with Gasteiger partial charge in [-0.05, 0) is 20.3 Å². The number of hydrogen-bond acceptors (Lipinski definition) is 6. The lowest BCUT2D eigenvalue weighted by molar-refractivity contribution is -0.192. The molecule has 0 aromatic carbocycles. The molecule has 1 atom stereocenters. The van der Waals surface area contributed by atoms with Crippen LogP contribution in [-0.2, 0) is 16.1 Å². The lowest BCUT2D eigenvalue weighted by atomic mass is 9.92. The molecule has 1 aromatic heterocycles. The first kappa shape index (κ1) is 20.1. The van der Waals surface area contributed by atoms with E-state index in [0.717, 1.165) is 23.8 Å². The molecule has 2 aliphatic rings. The molecular weight excluding hydrogens is 361 g/mol. The van der Waals surface area contributed by atoms with E-state index in [1.54, 1.807) is 0 Å². The zero-order valence-electron chi connectivity index (χ0n) is 14.2. The van der Waals surface area contributed by atoms with Crippen molar-refractivity contribution >= 4 is 17.7 Å². The number of hydrogen-bond donors (Lipinski definition) is 1. The number of thioether (sulfide) groups is 1. The summed E-state index contributed by atoms with van der Waals surface area (Å²) in [5.41, 5.74) is 2.29. The number of rotatable bonds is 3. The van der Waals surface area contributed by atoms with Crippen LogP contribution >= 0.6 is 11.8 Å². The summed E-state index contributed by atoms with van der Waals surface area (Å²) < 4.78 is 42.9. The number of ether oxygens (including phenoxy) is 1. The van der Waals surface area contributed by atoms with Crippen molar-refractivity contribution in [2.45, 2.75) is 43.8 Å². The Balaban J connectivity index is 0.000000277. The van der Waals surface area contributed by atoms with E-state index in [2.05, 4.69) is 21.8 Å². The fourth-order valence-electron chi connectivity index (χ4n) is 3.01. The summed E-state index contributed by atoms with van der Waals surface area (Å²) in [6, 6.07) is 0. The molecule has 25 heavy (non-hydrogen) atoms. The van der Waals surface area contributed by atoms with Crippen molar-refractivity contribution in [3.05, 3.63) is 17.0 Å². The second kappa shape index (κ2) is 7.55. The molecule has 0 bridgehead atoms. The number of halogens is 3. The van der Waals surface area contributed by atoms with Gasteiger partial charge >= 0.3 is 12.1 Å². The number of nitrogens with zero attached hydrogens (tertiary/aromatic N) is 2. The lowest BCUT2D eigenvalue weighted by Gasteiger charge is -2.47. The average Bonchev–Trinajstić information content (AvgIpc) is 3.05. The van der Waals surface area contributed by atoms with Crippen LogP contribution in [0.15, 0.2) is 4.52 Å². The van der Waals surface area contributed by atoms with Gasteiger partial charge in [-0.15, -0.1) is 11.8 Å². The quantitative estimate of drug-likeness (QED) is 0.861. The summed E-state index contributed by atoms with van der Waals surface area (Å²) in [5, 5.41) is 11.1. The van der Waals surface area contributed by atoms with Crippen LogP contribution in [0.4, 0.5) is 13.2 Å². The average molecular weight is 382 g/mol. The van der Waals surface area contributed by atoms with E-state index in [-0.39, 0.29) is 0 Å². The number of carboxylic acids is 1. The van der Waals surface area contributed by atoms with Crippen LogP contribution in [0.1, 0.15) is 23.4 Å². The Morgan fingerprint density at radius 3 is 2.48 bits per heavy atom. The van der Waals surface area contributed by atoms with Gasteiger partial charge < -0.3 is 14.4 Å². The maximum absolute atomic E-state index is 10.6. The minimum atomic E-state index is -5.08. The Hall–Kier alpha value is -1.26. The van der Waals surface area contributed by atoms with Gasteiger partial charge in [0.1, 0.15) is 5.76 Å². The zero-order valence-corrected chi connectivity index (χ0v) is 15.0. The first-order chi connectivity index (χ1) is 11.6. The Kier molecular flexibility index (Phi) is 6.05. The second-order valence-corrected chi connectivity index (χ2v) is 7.79. The number of likely N-dealkylation sites (tertiary alicyclic amines) is 1. The van der Waals surface area contributed by atoms with Crippen LogP contribution in [-0.4, -0.2) is 64.1 Å². The summed E-state index contributed by atoms with van der Waals surface area (Å²) in [4.78, 5) is 11.4. The van der Waals surface area contributed by atoms with Crippen LogP contribution in [0.5, 0.6) is 0 Å². The third kappa shape index (κ3) is 4.89.